The second-order valence-corrected chi connectivity index (χ2v) is 25.8. The maximum atomic E-state index is 10.6. The van der Waals surface area contributed by atoms with Gasteiger partial charge in [0.2, 0.25) is 0 Å². The summed E-state index contributed by atoms with van der Waals surface area (Å²) >= 11 is 0. The molecule has 6 aliphatic rings. The number of hydrogen-bond donors (Lipinski definition) is 3. The molecule has 0 saturated heterocycles. The monoisotopic (exact) mass is 1130 g/mol. The van der Waals surface area contributed by atoms with Crippen LogP contribution in [-0.2, 0) is 38.5 Å². The molecule has 3 N–H and O–H groups in total. The molecule has 0 saturated carbocycles. The summed E-state index contributed by atoms with van der Waals surface area (Å²) in [5.74, 6) is 9.76. The summed E-state index contributed by atoms with van der Waals surface area (Å²) in [7, 11) is 1.60. The van der Waals surface area contributed by atoms with E-state index in [0.29, 0.717) is 44.7 Å². The highest BCUT2D eigenvalue weighted by atomic mass is 16.5. The summed E-state index contributed by atoms with van der Waals surface area (Å²) in [6.07, 6.45) is 12.8. The van der Waals surface area contributed by atoms with E-state index in [1.54, 1.807) is 25.3 Å². The zero-order valence-electron chi connectivity index (χ0n) is 50.7. The largest absolute Gasteiger partial charge is 0.508 e. The van der Waals surface area contributed by atoms with Gasteiger partial charge >= 0.3 is 0 Å². The van der Waals surface area contributed by atoms with Crippen LogP contribution in [0.5, 0.6) is 69.0 Å². The topological polar surface area (TPSA) is 144 Å². The van der Waals surface area contributed by atoms with Gasteiger partial charge in [0.15, 0.2) is 0 Å². The maximum Gasteiger partial charge on any atom is 0.129 e. The Morgan fingerprint density at radius 3 is 1.19 bits per heavy atom. The van der Waals surface area contributed by atoms with Crippen LogP contribution in [0, 0.1) is 5.92 Å². The molecule has 6 aliphatic heterocycles. The van der Waals surface area contributed by atoms with E-state index >= 15 is 0 Å². The minimum Gasteiger partial charge on any atom is -0.508 e. The highest BCUT2D eigenvalue weighted by Gasteiger charge is 2.36. The third-order valence-corrected chi connectivity index (χ3v) is 17.2. The number of phenolic OH excluding ortho intramolecular Hbond substituents is 3. The normalized spacial score (nSPS) is 19.9. The van der Waals surface area contributed by atoms with Crippen LogP contribution < -0.4 is 42.6 Å². The number of ether oxygens (including phenoxy) is 9. The van der Waals surface area contributed by atoms with Crippen LogP contribution in [0.4, 0.5) is 0 Å². The fraction of sp³-hybridized carbons (Fsp3) is 0.493. The van der Waals surface area contributed by atoms with Crippen molar-refractivity contribution < 1.29 is 58.0 Å². The van der Waals surface area contributed by atoms with Gasteiger partial charge in [0, 0.05) is 69.3 Å². The van der Waals surface area contributed by atoms with Crippen LogP contribution >= 0.6 is 0 Å². The Labute approximate surface area is 492 Å². The summed E-state index contributed by atoms with van der Waals surface area (Å²) in [4.78, 5) is 0. The van der Waals surface area contributed by atoms with Crippen LogP contribution in [0.2, 0.25) is 0 Å². The van der Waals surface area contributed by atoms with E-state index in [1.165, 1.54) is 39.8 Å². The van der Waals surface area contributed by atoms with Gasteiger partial charge in [0.05, 0.1) is 40.1 Å². The number of methoxy groups -OCH3 is 1. The van der Waals surface area contributed by atoms with Crippen molar-refractivity contribution in [2.45, 2.75) is 180 Å². The number of fused-ring (bicyclic) bond motifs is 9. The summed E-state index contributed by atoms with van der Waals surface area (Å²) in [5.41, 5.74) is 9.54. The second-order valence-electron chi connectivity index (χ2n) is 25.8. The zero-order chi connectivity index (χ0) is 58.6. The molecular formula is C71H88O12. The van der Waals surface area contributed by atoms with E-state index < -0.39 is 0 Å². The first kappa shape index (κ1) is 59.1. The summed E-state index contributed by atoms with van der Waals surface area (Å²) < 4.78 is 53.7. The number of phenols is 3. The van der Waals surface area contributed by atoms with Gasteiger partial charge in [-0.05, 0) is 171 Å². The molecule has 12 heteroatoms. The molecule has 3 atom stereocenters. The molecule has 0 amide bonds. The first-order valence-corrected chi connectivity index (χ1v) is 30.4. The molecule has 6 aromatic rings. The van der Waals surface area contributed by atoms with Gasteiger partial charge in [-0.15, -0.1) is 0 Å². The molecule has 0 unspecified atom stereocenters. The first-order valence-electron chi connectivity index (χ1n) is 30.4. The Morgan fingerprint density at radius 2 is 0.843 bits per heavy atom. The molecule has 12 nitrogen and oxygen atoms in total. The lowest BCUT2D eigenvalue weighted by Gasteiger charge is -2.35. The quantitative estimate of drug-likeness (QED) is 0.0947. The van der Waals surface area contributed by atoms with Crippen molar-refractivity contribution in [2.24, 2.45) is 5.92 Å². The van der Waals surface area contributed by atoms with Crippen molar-refractivity contribution in [1.29, 1.82) is 0 Å². The van der Waals surface area contributed by atoms with Crippen molar-refractivity contribution in [1.82, 2.24) is 0 Å². The minimum absolute atomic E-state index is 0.118. The minimum atomic E-state index is -0.122. The molecule has 6 heterocycles. The average molecular weight is 1130 g/mol. The fourth-order valence-electron chi connectivity index (χ4n) is 12.3. The Hall–Kier alpha value is -7.08. The summed E-state index contributed by atoms with van der Waals surface area (Å²) in [5, 5.41) is 31.5. The van der Waals surface area contributed by atoms with Crippen molar-refractivity contribution in [3.63, 3.8) is 0 Å². The molecule has 0 radical (unpaired) electrons. The Morgan fingerprint density at radius 1 is 0.482 bits per heavy atom. The lowest BCUT2D eigenvalue weighted by molar-refractivity contribution is 0.0822. The van der Waals surface area contributed by atoms with Crippen LogP contribution in [0.1, 0.15) is 175 Å². The van der Waals surface area contributed by atoms with E-state index in [1.807, 2.05) is 36.4 Å². The molecule has 0 aliphatic carbocycles. The lowest BCUT2D eigenvalue weighted by Crippen LogP contribution is -2.33. The summed E-state index contributed by atoms with van der Waals surface area (Å²) in [6.45, 7) is 22.3. The van der Waals surface area contributed by atoms with Gasteiger partial charge in [-0.25, -0.2) is 0 Å². The SMILES string of the molecule is CC(C)CCOc1ccc([C@H]2COc3c(ccc4c3CCC(C)(C)O4)C2)c(O)c1.CCCCCOc1ccc([C@H]2COc3c(ccc4c3CCC(C)(C)O4)C2)c(O)c1.COc1ccc([C@H]2COc3c(ccc4c3CCC(C)(C)O4)C2)c(O)c1. The molecule has 0 spiro atoms. The predicted octanol–water partition coefficient (Wildman–Crippen LogP) is 15.6. The number of benzene rings is 6. The predicted molar refractivity (Wildman–Crippen MR) is 325 cm³/mol. The van der Waals surface area contributed by atoms with Crippen molar-refractivity contribution in [3.05, 3.63) is 141 Å². The third-order valence-electron chi connectivity index (χ3n) is 17.2. The Balaban J connectivity index is 0.000000140. The van der Waals surface area contributed by atoms with E-state index in [4.69, 9.17) is 42.6 Å². The smallest absolute Gasteiger partial charge is 0.129 e. The van der Waals surface area contributed by atoms with E-state index in [-0.39, 0.29) is 51.8 Å². The van der Waals surface area contributed by atoms with E-state index in [9.17, 15) is 15.3 Å². The van der Waals surface area contributed by atoms with Gasteiger partial charge < -0.3 is 58.0 Å². The molecule has 444 valence electrons. The number of rotatable bonds is 13. The highest BCUT2D eigenvalue weighted by Crippen LogP contribution is 2.49. The molecule has 83 heavy (non-hydrogen) atoms. The Bertz CT molecular complexity index is 3250. The maximum absolute atomic E-state index is 10.6. The van der Waals surface area contributed by atoms with Gasteiger partial charge in [0.25, 0.3) is 0 Å². The number of unbranched alkanes of at least 4 members (excludes halogenated alkanes) is 2. The van der Waals surface area contributed by atoms with Crippen molar-refractivity contribution >= 4 is 0 Å². The lowest BCUT2D eigenvalue weighted by atomic mass is 9.86. The molecular weight excluding hydrogens is 1040 g/mol. The van der Waals surface area contributed by atoms with Gasteiger partial charge in [-0.2, -0.15) is 0 Å². The number of aromatic hydroxyl groups is 3. The van der Waals surface area contributed by atoms with E-state index in [2.05, 4.69) is 98.7 Å². The van der Waals surface area contributed by atoms with Crippen LogP contribution in [0.15, 0.2) is 91.0 Å². The zero-order valence-corrected chi connectivity index (χ0v) is 50.7. The standard InChI is InChI=1S/2C25H32O4.C21H24O4/c1-16(2)10-12-27-19-6-7-20(22(26)14-19)18-13-17-5-8-23-21(24(17)28-15-18)9-11-25(3,4)29-23;1-4-5-6-13-27-19-8-9-20(22(26)15-19)18-14-17-7-10-23-21(24(17)28-16-18)11-12-25(2,3)29-23;1-21(2)9-8-17-19(25-21)7-4-13-10-14(12-24-20(13)17)16-6-5-15(23-3)11-18(16)22/h5-8,14,16,18,26H,9-13,15H2,1-4H3;7-10,15,18,26H,4-6,11-14,16H2,1-3H3;4-7,11,14,22H,8-10,12H2,1-3H3/t2*18-;14-/m111/s1. The van der Waals surface area contributed by atoms with Crippen molar-refractivity contribution in [3.8, 4) is 69.0 Å². The molecule has 6 aromatic carbocycles. The van der Waals surface area contributed by atoms with E-state index in [0.717, 1.165) is 140 Å². The van der Waals surface area contributed by atoms with Crippen LogP contribution in [0.25, 0.3) is 0 Å². The van der Waals surface area contributed by atoms with Crippen LogP contribution in [0.3, 0.4) is 0 Å². The van der Waals surface area contributed by atoms with Gasteiger partial charge in [-0.1, -0.05) is 70.0 Å². The Kier molecular flexibility index (Phi) is 17.8. The highest BCUT2D eigenvalue weighted by molar-refractivity contribution is 5.57. The van der Waals surface area contributed by atoms with Crippen molar-refractivity contribution in [2.75, 3.05) is 40.1 Å². The molecule has 0 aromatic heterocycles. The first-order chi connectivity index (χ1) is 39.8. The number of hydrogen-bond acceptors (Lipinski definition) is 12. The average Bonchev–Trinajstić information content (AvgIpc) is 3.05. The second kappa shape index (κ2) is 25.0. The van der Waals surface area contributed by atoms with Gasteiger partial charge in [0.1, 0.15) is 85.8 Å². The summed E-state index contributed by atoms with van der Waals surface area (Å²) in [6, 6.07) is 29.3. The molecule has 12 rings (SSSR count). The third kappa shape index (κ3) is 14.0. The van der Waals surface area contributed by atoms with Gasteiger partial charge in [-0.3, -0.25) is 0 Å². The fourth-order valence-corrected chi connectivity index (χ4v) is 12.3. The molecule has 0 bridgehead atoms. The van der Waals surface area contributed by atoms with Crippen LogP contribution in [-0.4, -0.2) is 72.3 Å². The molecule has 0 fully saturated rings.